The molecule has 0 fully saturated rings. The van der Waals surface area contributed by atoms with Gasteiger partial charge in [0.25, 0.3) is 0 Å². The Kier molecular flexibility index (Phi) is 4.72. The van der Waals surface area contributed by atoms with Crippen LogP contribution in [0.25, 0.3) is 0 Å². The van der Waals surface area contributed by atoms with E-state index in [2.05, 4.69) is 35.9 Å². The largest absolute Gasteiger partial charge is 0.391 e. The topological polar surface area (TPSA) is 37.7 Å². The molecule has 1 aliphatic rings. The van der Waals surface area contributed by atoms with Crippen molar-refractivity contribution < 1.29 is 4.84 Å². The summed E-state index contributed by atoms with van der Waals surface area (Å²) in [6, 6.07) is 0. The second kappa shape index (κ2) is 6.29. The van der Waals surface area contributed by atoms with Gasteiger partial charge in [0.15, 0.2) is 0 Å². The van der Waals surface area contributed by atoms with Crippen LogP contribution in [0.1, 0.15) is 30.3 Å². The van der Waals surface area contributed by atoms with Crippen LogP contribution in [0, 0.1) is 6.92 Å². The smallest absolute Gasteiger partial charge is 0.145 e. The third-order valence-electron chi connectivity index (χ3n) is 3.28. The second-order valence-electron chi connectivity index (χ2n) is 4.82. The minimum atomic E-state index is 0.243. The van der Waals surface area contributed by atoms with E-state index >= 15 is 0 Å². The number of hydrogen-bond donors (Lipinski definition) is 0. The van der Waals surface area contributed by atoms with Gasteiger partial charge in [-0.15, -0.1) is 11.3 Å². The van der Waals surface area contributed by atoms with Crippen molar-refractivity contribution in [1.82, 2.24) is 9.88 Å². The monoisotopic (exact) mass is 267 g/mol. The van der Waals surface area contributed by atoms with Crippen LogP contribution in [-0.4, -0.2) is 41.8 Å². The van der Waals surface area contributed by atoms with Gasteiger partial charge < -0.3 is 9.74 Å². The second-order valence-corrected chi connectivity index (χ2v) is 5.76. The molecule has 0 bridgehead atoms. The number of oxime groups is 1. The fourth-order valence-corrected chi connectivity index (χ4v) is 2.86. The van der Waals surface area contributed by atoms with Crippen LogP contribution in [0.2, 0.25) is 0 Å². The van der Waals surface area contributed by atoms with Crippen LogP contribution in [0.15, 0.2) is 10.7 Å². The fourth-order valence-electron chi connectivity index (χ4n) is 2.09. The molecule has 1 atom stereocenters. The van der Waals surface area contributed by atoms with Crippen molar-refractivity contribution in [2.75, 3.05) is 20.1 Å². The summed E-state index contributed by atoms with van der Waals surface area (Å²) in [5.74, 6) is 0. The first-order valence-electron chi connectivity index (χ1n) is 6.48. The molecule has 1 aliphatic heterocycles. The molecule has 100 valence electrons. The fraction of sp³-hybridized carbons (Fsp3) is 0.692. The average Bonchev–Trinajstić information content (AvgIpc) is 2.96. The molecule has 4 nitrogen and oxygen atoms in total. The van der Waals surface area contributed by atoms with Crippen molar-refractivity contribution in [2.24, 2.45) is 5.16 Å². The Balaban J connectivity index is 1.70. The van der Waals surface area contributed by atoms with Gasteiger partial charge in [0.05, 0.1) is 16.9 Å². The van der Waals surface area contributed by atoms with Crippen LogP contribution in [-0.2, 0) is 11.3 Å². The third-order valence-corrected chi connectivity index (χ3v) is 4.28. The summed E-state index contributed by atoms with van der Waals surface area (Å²) >= 11 is 1.75. The Bertz CT molecular complexity index is 416. The lowest BCUT2D eigenvalue weighted by atomic mass is 10.1. The van der Waals surface area contributed by atoms with Gasteiger partial charge in [-0.2, -0.15) is 0 Å². The van der Waals surface area contributed by atoms with Crippen LogP contribution in [0.5, 0.6) is 0 Å². The molecule has 1 aromatic rings. The quantitative estimate of drug-likeness (QED) is 0.794. The van der Waals surface area contributed by atoms with E-state index in [9.17, 15) is 0 Å². The zero-order chi connectivity index (χ0) is 13.0. The van der Waals surface area contributed by atoms with E-state index in [1.165, 1.54) is 16.3 Å². The van der Waals surface area contributed by atoms with E-state index in [0.717, 1.165) is 32.4 Å². The van der Waals surface area contributed by atoms with E-state index in [0.29, 0.717) is 0 Å². The van der Waals surface area contributed by atoms with E-state index < -0.39 is 0 Å². The molecule has 0 amide bonds. The van der Waals surface area contributed by atoms with Gasteiger partial charge in [-0.25, -0.2) is 4.98 Å². The zero-order valence-electron chi connectivity index (χ0n) is 11.3. The molecule has 0 aromatic carbocycles. The highest BCUT2D eigenvalue weighted by atomic mass is 32.1. The van der Waals surface area contributed by atoms with Crippen molar-refractivity contribution >= 4 is 17.0 Å². The zero-order valence-corrected chi connectivity index (χ0v) is 12.2. The van der Waals surface area contributed by atoms with Gasteiger partial charge in [0.1, 0.15) is 6.10 Å². The molecule has 0 N–H and O–H groups in total. The molecule has 2 heterocycles. The van der Waals surface area contributed by atoms with E-state index in [1.54, 1.807) is 11.3 Å². The summed E-state index contributed by atoms with van der Waals surface area (Å²) in [4.78, 5) is 13.4. The van der Waals surface area contributed by atoms with Crippen LogP contribution in [0.3, 0.4) is 0 Å². The summed E-state index contributed by atoms with van der Waals surface area (Å²) in [5.41, 5.74) is 4.28. The predicted molar refractivity (Wildman–Crippen MR) is 75.3 cm³/mol. The number of aryl methyl sites for hydroxylation is 1. The Morgan fingerprint density at radius 3 is 3.00 bits per heavy atom. The van der Waals surface area contributed by atoms with Crippen LogP contribution >= 0.6 is 11.3 Å². The summed E-state index contributed by atoms with van der Waals surface area (Å²) in [6.07, 6.45) is 3.30. The molecular weight excluding hydrogens is 246 g/mol. The minimum absolute atomic E-state index is 0.243. The number of aromatic nitrogens is 1. The maximum Gasteiger partial charge on any atom is 0.145 e. The SMILES string of the molecule is CCC1=NO[C@@H](CN(C)CCc2scnc2C)C1. The van der Waals surface area contributed by atoms with Gasteiger partial charge in [-0.05, 0) is 26.8 Å². The van der Waals surface area contributed by atoms with E-state index in [-0.39, 0.29) is 6.10 Å². The lowest BCUT2D eigenvalue weighted by Crippen LogP contribution is -2.31. The van der Waals surface area contributed by atoms with Crippen molar-refractivity contribution in [3.63, 3.8) is 0 Å². The average molecular weight is 267 g/mol. The van der Waals surface area contributed by atoms with Crippen molar-refractivity contribution in [2.45, 2.75) is 39.2 Å². The molecule has 5 heteroatoms. The molecule has 2 rings (SSSR count). The summed E-state index contributed by atoms with van der Waals surface area (Å²) in [6.45, 7) is 6.20. The molecule has 0 saturated heterocycles. The van der Waals surface area contributed by atoms with Crippen LogP contribution < -0.4 is 0 Å². The number of nitrogens with zero attached hydrogens (tertiary/aromatic N) is 3. The summed E-state index contributed by atoms with van der Waals surface area (Å²) in [7, 11) is 2.14. The Morgan fingerprint density at radius 1 is 1.56 bits per heavy atom. The van der Waals surface area contributed by atoms with Gasteiger partial charge in [-0.3, -0.25) is 0 Å². The molecule has 0 saturated carbocycles. The third kappa shape index (κ3) is 3.53. The lowest BCUT2D eigenvalue weighted by Gasteiger charge is -2.19. The van der Waals surface area contributed by atoms with E-state index in [1.807, 2.05) is 5.51 Å². The Hall–Kier alpha value is -0.940. The van der Waals surface area contributed by atoms with Gasteiger partial charge in [0, 0.05) is 24.4 Å². The molecule has 0 aliphatic carbocycles. The van der Waals surface area contributed by atoms with Crippen molar-refractivity contribution in [1.29, 1.82) is 0 Å². The Morgan fingerprint density at radius 2 is 2.39 bits per heavy atom. The molecule has 18 heavy (non-hydrogen) atoms. The first-order chi connectivity index (χ1) is 8.69. The lowest BCUT2D eigenvalue weighted by molar-refractivity contribution is 0.0596. The highest BCUT2D eigenvalue weighted by Crippen LogP contribution is 2.15. The first-order valence-corrected chi connectivity index (χ1v) is 7.36. The summed E-state index contributed by atoms with van der Waals surface area (Å²) in [5, 5.41) is 4.09. The van der Waals surface area contributed by atoms with Crippen molar-refractivity contribution in [3.8, 4) is 0 Å². The van der Waals surface area contributed by atoms with E-state index in [4.69, 9.17) is 4.84 Å². The van der Waals surface area contributed by atoms with Crippen molar-refractivity contribution in [3.05, 3.63) is 16.1 Å². The standard InChI is InChI=1S/C13H21N3OS/c1-4-11-7-12(17-15-11)8-16(3)6-5-13-10(2)14-9-18-13/h9,12H,4-8H2,1-3H3/t12-/m1/s1. The highest BCUT2D eigenvalue weighted by molar-refractivity contribution is 7.09. The van der Waals surface area contributed by atoms with Gasteiger partial charge in [0.2, 0.25) is 0 Å². The molecule has 0 spiro atoms. The number of thiazole rings is 1. The molecule has 0 radical (unpaired) electrons. The number of rotatable bonds is 6. The molecule has 1 aromatic heterocycles. The minimum Gasteiger partial charge on any atom is -0.391 e. The maximum absolute atomic E-state index is 5.42. The number of hydrogen-bond acceptors (Lipinski definition) is 5. The van der Waals surface area contributed by atoms with Crippen LogP contribution in [0.4, 0.5) is 0 Å². The number of likely N-dealkylation sites (N-methyl/N-ethyl adjacent to an activating group) is 1. The maximum atomic E-state index is 5.42. The van der Waals surface area contributed by atoms with Gasteiger partial charge >= 0.3 is 0 Å². The molecular formula is C13H21N3OS. The first kappa shape index (κ1) is 13.5. The normalized spacial score (nSPS) is 19.1. The van der Waals surface area contributed by atoms with Gasteiger partial charge in [-0.1, -0.05) is 12.1 Å². The molecule has 0 unspecified atom stereocenters. The highest BCUT2D eigenvalue weighted by Gasteiger charge is 2.21. The predicted octanol–water partition coefficient (Wildman–Crippen LogP) is 2.48. The summed E-state index contributed by atoms with van der Waals surface area (Å²) < 4.78 is 0. The Labute approximate surface area is 113 Å².